The number of hydrogen-bond acceptors (Lipinski definition) is 2. The normalized spacial score (nSPS) is 25.5. The minimum Gasteiger partial charge on any atom is -0.389 e. The third-order valence-corrected chi connectivity index (χ3v) is 3.89. The van der Waals surface area contributed by atoms with Gasteiger partial charge in [0.05, 0.1) is 6.10 Å². The summed E-state index contributed by atoms with van der Waals surface area (Å²) in [7, 11) is 0. The summed E-state index contributed by atoms with van der Waals surface area (Å²) in [6.07, 6.45) is 2.11. The van der Waals surface area contributed by atoms with Gasteiger partial charge < -0.3 is 10.4 Å². The van der Waals surface area contributed by atoms with E-state index in [0.29, 0.717) is 6.04 Å². The molecule has 2 rings (SSSR count). The molecule has 2 nitrogen and oxygen atoms in total. The van der Waals surface area contributed by atoms with Crippen molar-refractivity contribution in [1.29, 1.82) is 0 Å². The fourth-order valence-electron chi connectivity index (χ4n) is 2.54. The second kappa shape index (κ2) is 5.09. The lowest BCUT2D eigenvalue weighted by Gasteiger charge is -2.39. The van der Waals surface area contributed by atoms with Crippen LogP contribution in [0.15, 0.2) is 24.3 Å². The van der Waals surface area contributed by atoms with Crippen molar-refractivity contribution in [3.05, 3.63) is 29.8 Å². The van der Waals surface area contributed by atoms with Crippen molar-refractivity contribution in [2.75, 3.05) is 5.32 Å². The predicted octanol–water partition coefficient (Wildman–Crippen LogP) is 3.59. The van der Waals surface area contributed by atoms with Gasteiger partial charge in [-0.25, -0.2) is 0 Å². The number of benzene rings is 1. The van der Waals surface area contributed by atoms with Crippen LogP contribution >= 0.6 is 0 Å². The zero-order valence-electron chi connectivity index (χ0n) is 11.0. The molecule has 1 aromatic carbocycles. The molecule has 17 heavy (non-hydrogen) atoms. The smallest absolute Gasteiger partial charge is 0.0781 e. The number of nitrogens with one attached hydrogen (secondary N) is 1. The van der Waals surface area contributed by atoms with Gasteiger partial charge in [-0.15, -0.1) is 0 Å². The molecule has 1 fully saturated rings. The van der Waals surface area contributed by atoms with E-state index in [1.54, 1.807) is 0 Å². The summed E-state index contributed by atoms with van der Waals surface area (Å²) in [6, 6.07) is 8.64. The predicted molar refractivity (Wildman–Crippen MR) is 72.0 cm³/mol. The molecule has 1 aromatic rings. The molecule has 1 atom stereocenters. The van der Waals surface area contributed by atoms with E-state index in [2.05, 4.69) is 25.2 Å². The van der Waals surface area contributed by atoms with Crippen molar-refractivity contribution in [3.63, 3.8) is 0 Å². The Morgan fingerprint density at radius 2 is 1.82 bits per heavy atom. The van der Waals surface area contributed by atoms with Crippen molar-refractivity contribution < 1.29 is 5.11 Å². The number of aliphatic hydroxyl groups is 1. The highest BCUT2D eigenvalue weighted by atomic mass is 16.3. The molecule has 0 aliphatic heterocycles. The van der Waals surface area contributed by atoms with Crippen LogP contribution in [0.3, 0.4) is 0 Å². The van der Waals surface area contributed by atoms with E-state index in [1.165, 1.54) is 12.8 Å². The van der Waals surface area contributed by atoms with E-state index in [9.17, 15) is 5.11 Å². The molecule has 0 saturated heterocycles. The maximum absolute atomic E-state index is 9.71. The lowest BCUT2D eigenvalue weighted by atomic mass is 9.73. The van der Waals surface area contributed by atoms with Crippen molar-refractivity contribution in [1.82, 2.24) is 0 Å². The number of para-hydroxylation sites is 1. The monoisotopic (exact) mass is 233 g/mol. The minimum absolute atomic E-state index is 0.403. The fraction of sp³-hybridized carbons (Fsp3) is 0.600. The molecule has 1 aliphatic rings. The summed E-state index contributed by atoms with van der Waals surface area (Å²) in [6.45, 7) is 6.41. The second-order valence-corrected chi connectivity index (χ2v) is 5.58. The largest absolute Gasteiger partial charge is 0.389 e. The van der Waals surface area contributed by atoms with E-state index in [0.717, 1.165) is 23.1 Å². The van der Waals surface area contributed by atoms with Crippen LogP contribution in [-0.4, -0.2) is 11.1 Å². The van der Waals surface area contributed by atoms with Gasteiger partial charge in [0.25, 0.3) is 0 Å². The van der Waals surface area contributed by atoms with Crippen LogP contribution in [0.5, 0.6) is 0 Å². The molecule has 0 bridgehead atoms. The Morgan fingerprint density at radius 3 is 2.41 bits per heavy atom. The summed E-state index contributed by atoms with van der Waals surface area (Å²) in [5, 5.41) is 13.3. The van der Waals surface area contributed by atoms with Crippen LogP contribution in [0.1, 0.15) is 45.3 Å². The Kier molecular flexibility index (Phi) is 3.72. The number of aliphatic hydroxyl groups excluding tert-OH is 1. The number of anilines is 1. The average Bonchev–Trinajstić information content (AvgIpc) is 2.22. The third-order valence-electron chi connectivity index (χ3n) is 3.89. The third kappa shape index (κ3) is 2.81. The molecular weight excluding hydrogens is 210 g/mol. The first kappa shape index (κ1) is 12.4. The van der Waals surface area contributed by atoms with Crippen LogP contribution in [-0.2, 0) is 0 Å². The molecule has 2 heteroatoms. The van der Waals surface area contributed by atoms with Crippen molar-refractivity contribution in [3.8, 4) is 0 Å². The first-order chi connectivity index (χ1) is 8.08. The molecule has 0 heterocycles. The lowest BCUT2D eigenvalue weighted by molar-refractivity contribution is 0.197. The van der Waals surface area contributed by atoms with Crippen LogP contribution in [0.4, 0.5) is 5.69 Å². The molecule has 0 aromatic heterocycles. The number of hydrogen-bond donors (Lipinski definition) is 2. The van der Waals surface area contributed by atoms with E-state index in [1.807, 2.05) is 25.1 Å². The Balaban J connectivity index is 1.96. The molecule has 0 radical (unpaired) electrons. The molecule has 2 N–H and O–H groups in total. The summed E-state index contributed by atoms with van der Waals surface area (Å²) in [4.78, 5) is 0. The highest BCUT2D eigenvalue weighted by Crippen LogP contribution is 2.36. The summed E-state index contributed by atoms with van der Waals surface area (Å²) >= 11 is 0. The molecule has 1 saturated carbocycles. The van der Waals surface area contributed by atoms with Gasteiger partial charge in [-0.1, -0.05) is 32.0 Å². The highest BCUT2D eigenvalue weighted by Gasteiger charge is 2.31. The lowest BCUT2D eigenvalue weighted by Crippen LogP contribution is -2.38. The van der Waals surface area contributed by atoms with E-state index >= 15 is 0 Å². The molecule has 0 amide bonds. The average molecular weight is 233 g/mol. The first-order valence-electron chi connectivity index (χ1n) is 6.61. The van der Waals surface area contributed by atoms with E-state index in [4.69, 9.17) is 0 Å². The second-order valence-electron chi connectivity index (χ2n) is 5.58. The zero-order valence-corrected chi connectivity index (χ0v) is 11.0. The Hall–Kier alpha value is -1.02. The summed E-state index contributed by atoms with van der Waals surface area (Å²) in [5.41, 5.74) is 2.09. The van der Waals surface area contributed by atoms with Gasteiger partial charge >= 0.3 is 0 Å². The van der Waals surface area contributed by atoms with Crippen LogP contribution in [0.2, 0.25) is 0 Å². The maximum atomic E-state index is 9.71. The van der Waals surface area contributed by atoms with Gasteiger partial charge in [-0.2, -0.15) is 0 Å². The maximum Gasteiger partial charge on any atom is 0.0781 e. The SMILES string of the molecule is CC(O)c1ccccc1NC1CC(C(C)C)C1. The van der Waals surface area contributed by atoms with Gasteiger partial charge in [0.2, 0.25) is 0 Å². The van der Waals surface area contributed by atoms with Gasteiger partial charge in [0.15, 0.2) is 0 Å². The minimum atomic E-state index is -0.403. The molecule has 94 valence electrons. The highest BCUT2D eigenvalue weighted by molar-refractivity contribution is 5.53. The summed E-state index contributed by atoms with van der Waals surface area (Å²) in [5.74, 6) is 1.66. The first-order valence-corrected chi connectivity index (χ1v) is 6.61. The van der Waals surface area contributed by atoms with Gasteiger partial charge in [0, 0.05) is 17.3 Å². The summed E-state index contributed by atoms with van der Waals surface area (Å²) < 4.78 is 0. The van der Waals surface area contributed by atoms with Crippen LogP contribution in [0.25, 0.3) is 0 Å². The van der Waals surface area contributed by atoms with Gasteiger partial charge in [0.1, 0.15) is 0 Å². The quantitative estimate of drug-likeness (QED) is 0.833. The zero-order chi connectivity index (χ0) is 12.4. The fourth-order valence-corrected chi connectivity index (χ4v) is 2.54. The van der Waals surface area contributed by atoms with Crippen LogP contribution in [0, 0.1) is 11.8 Å². The standard InChI is InChI=1S/C15H23NO/c1-10(2)12-8-13(9-12)16-15-7-5-4-6-14(15)11(3)17/h4-7,10-13,16-17H,8-9H2,1-3H3. The Labute approximate surface area is 104 Å². The van der Waals surface area contributed by atoms with E-state index in [-0.39, 0.29) is 0 Å². The van der Waals surface area contributed by atoms with Crippen molar-refractivity contribution >= 4 is 5.69 Å². The van der Waals surface area contributed by atoms with Crippen LogP contribution < -0.4 is 5.32 Å². The van der Waals surface area contributed by atoms with Crippen molar-refractivity contribution in [2.45, 2.75) is 45.8 Å². The topological polar surface area (TPSA) is 32.3 Å². The molecule has 0 spiro atoms. The van der Waals surface area contributed by atoms with Gasteiger partial charge in [-0.05, 0) is 37.7 Å². The molecular formula is C15H23NO. The number of rotatable bonds is 4. The molecule has 1 unspecified atom stereocenters. The van der Waals surface area contributed by atoms with Gasteiger partial charge in [-0.3, -0.25) is 0 Å². The van der Waals surface area contributed by atoms with E-state index < -0.39 is 6.10 Å². The Bertz CT molecular complexity index is 367. The Morgan fingerprint density at radius 1 is 1.18 bits per heavy atom. The van der Waals surface area contributed by atoms with Crippen molar-refractivity contribution in [2.24, 2.45) is 11.8 Å². The molecule has 1 aliphatic carbocycles.